The van der Waals surface area contributed by atoms with Crippen molar-refractivity contribution in [2.24, 2.45) is 0 Å². The van der Waals surface area contributed by atoms with Gasteiger partial charge in [-0.15, -0.1) is 0 Å². The number of imide groups is 1. The van der Waals surface area contributed by atoms with E-state index in [4.69, 9.17) is 9.47 Å². The Morgan fingerprint density at radius 1 is 1.19 bits per heavy atom. The van der Waals surface area contributed by atoms with Crippen LogP contribution in [0.2, 0.25) is 0 Å². The Balaban J connectivity index is 1.71. The predicted octanol–water partition coefficient (Wildman–Crippen LogP) is 3.71. The number of urea groups is 1. The van der Waals surface area contributed by atoms with Crippen molar-refractivity contribution >= 4 is 29.6 Å². The van der Waals surface area contributed by atoms with Crippen LogP contribution in [-0.2, 0) is 9.59 Å². The molecule has 8 heteroatoms. The van der Waals surface area contributed by atoms with Gasteiger partial charge in [-0.1, -0.05) is 25.1 Å². The Bertz CT molecular complexity index is 1060. The largest absolute Gasteiger partial charge is 0.493 e. The summed E-state index contributed by atoms with van der Waals surface area (Å²) in [6, 6.07) is 11.9. The maximum absolute atomic E-state index is 12.7. The molecule has 1 aliphatic heterocycles. The summed E-state index contributed by atoms with van der Waals surface area (Å²) in [5.41, 5.74) is 2.31. The molecule has 3 rings (SSSR count). The van der Waals surface area contributed by atoms with E-state index in [9.17, 15) is 14.4 Å². The molecule has 0 bridgehead atoms. The van der Waals surface area contributed by atoms with Crippen molar-refractivity contribution in [1.82, 2.24) is 10.2 Å². The molecule has 0 unspecified atom stereocenters. The van der Waals surface area contributed by atoms with Gasteiger partial charge in [0.1, 0.15) is 12.2 Å². The first kappa shape index (κ1) is 22.9. The molecular weight excluding hydrogens is 410 g/mol. The summed E-state index contributed by atoms with van der Waals surface area (Å²) < 4.78 is 11.2. The molecule has 168 valence electrons. The maximum Gasteiger partial charge on any atom is 0.329 e. The lowest BCUT2D eigenvalue weighted by atomic mass is 10.1. The Morgan fingerprint density at radius 2 is 1.97 bits per heavy atom. The molecule has 1 heterocycles. The van der Waals surface area contributed by atoms with Gasteiger partial charge in [0.05, 0.1) is 13.2 Å². The molecule has 4 amide bonds. The van der Waals surface area contributed by atoms with Crippen molar-refractivity contribution in [3.8, 4) is 11.5 Å². The highest BCUT2D eigenvalue weighted by atomic mass is 16.5. The van der Waals surface area contributed by atoms with Crippen LogP contribution in [0.4, 0.5) is 10.5 Å². The van der Waals surface area contributed by atoms with Crippen LogP contribution in [0.1, 0.15) is 31.4 Å². The second kappa shape index (κ2) is 10.00. The molecule has 2 aromatic rings. The summed E-state index contributed by atoms with van der Waals surface area (Å²) in [5, 5.41) is 5.21. The van der Waals surface area contributed by atoms with Crippen molar-refractivity contribution in [3.63, 3.8) is 0 Å². The van der Waals surface area contributed by atoms with Gasteiger partial charge in [-0.05, 0) is 61.7 Å². The van der Waals surface area contributed by atoms with Crippen LogP contribution in [-0.4, -0.2) is 42.5 Å². The summed E-state index contributed by atoms with van der Waals surface area (Å²) in [6.07, 6.45) is 2.42. The number of benzene rings is 2. The molecule has 0 radical (unpaired) electrons. The highest BCUT2D eigenvalue weighted by Gasteiger charge is 2.35. The van der Waals surface area contributed by atoms with Gasteiger partial charge in [-0.2, -0.15) is 0 Å². The number of rotatable bonds is 8. The number of ether oxygens (including phenoxy) is 2. The second-order valence-electron chi connectivity index (χ2n) is 7.54. The number of carbonyl (C=O) groups excluding carboxylic acids is 3. The molecule has 2 aromatic carbocycles. The van der Waals surface area contributed by atoms with Crippen molar-refractivity contribution in [3.05, 3.63) is 59.3 Å². The van der Waals surface area contributed by atoms with Crippen LogP contribution < -0.4 is 20.1 Å². The number of amides is 4. The molecule has 1 atom stereocenters. The molecule has 1 fully saturated rings. The van der Waals surface area contributed by atoms with Gasteiger partial charge in [0, 0.05) is 5.69 Å². The molecule has 0 aliphatic carbocycles. The Kier molecular flexibility index (Phi) is 7.14. The van der Waals surface area contributed by atoms with Crippen LogP contribution in [0.25, 0.3) is 6.08 Å². The van der Waals surface area contributed by atoms with Crippen molar-refractivity contribution < 1.29 is 23.9 Å². The topological polar surface area (TPSA) is 97.0 Å². The van der Waals surface area contributed by atoms with Crippen LogP contribution >= 0.6 is 0 Å². The Labute approximate surface area is 187 Å². The standard InChI is InChI=1S/C24H27N3O5/c1-5-16(3)32-20-10-9-17(13-21(20)31-4)12-19-23(29)27(24(30)26-19)14-22(28)25-18-8-6-7-15(2)11-18/h6-13,16H,5,14H2,1-4H3,(H,25,28)(H,26,30)/b19-12+/t16-/m0/s1. The van der Waals surface area contributed by atoms with E-state index in [0.717, 1.165) is 16.9 Å². The van der Waals surface area contributed by atoms with E-state index < -0.39 is 17.8 Å². The maximum atomic E-state index is 12.7. The Hall–Kier alpha value is -3.81. The van der Waals surface area contributed by atoms with Gasteiger partial charge in [-0.25, -0.2) is 9.69 Å². The zero-order valence-electron chi connectivity index (χ0n) is 18.6. The number of nitrogens with zero attached hydrogens (tertiary/aromatic N) is 1. The molecule has 1 saturated heterocycles. The van der Waals surface area contributed by atoms with Crippen molar-refractivity contribution in [2.45, 2.75) is 33.3 Å². The molecule has 1 aliphatic rings. The lowest BCUT2D eigenvalue weighted by molar-refractivity contribution is -0.127. The fourth-order valence-corrected chi connectivity index (χ4v) is 3.12. The number of nitrogens with one attached hydrogen (secondary N) is 2. The zero-order valence-corrected chi connectivity index (χ0v) is 18.6. The molecule has 0 aromatic heterocycles. The quantitative estimate of drug-likeness (QED) is 0.485. The molecule has 2 N–H and O–H groups in total. The number of methoxy groups -OCH3 is 1. The van der Waals surface area contributed by atoms with Crippen LogP contribution in [0.5, 0.6) is 11.5 Å². The SMILES string of the molecule is CC[C@H](C)Oc1ccc(/C=C2/NC(=O)N(CC(=O)Nc3cccc(C)c3)C2=O)cc1OC. The van der Waals surface area contributed by atoms with Gasteiger partial charge >= 0.3 is 6.03 Å². The van der Waals surface area contributed by atoms with E-state index in [0.29, 0.717) is 22.7 Å². The minimum Gasteiger partial charge on any atom is -0.493 e. The van der Waals surface area contributed by atoms with Gasteiger partial charge in [0.15, 0.2) is 11.5 Å². The van der Waals surface area contributed by atoms with E-state index in [1.54, 1.807) is 30.3 Å². The number of aryl methyl sites for hydroxylation is 1. The van der Waals surface area contributed by atoms with E-state index in [-0.39, 0.29) is 18.3 Å². The average molecular weight is 437 g/mol. The lowest BCUT2D eigenvalue weighted by Gasteiger charge is -2.15. The monoisotopic (exact) mass is 437 g/mol. The molecular formula is C24H27N3O5. The van der Waals surface area contributed by atoms with Crippen LogP contribution in [0, 0.1) is 6.92 Å². The van der Waals surface area contributed by atoms with Crippen molar-refractivity contribution in [2.75, 3.05) is 19.0 Å². The first-order valence-electron chi connectivity index (χ1n) is 10.4. The van der Waals surface area contributed by atoms with E-state index in [1.165, 1.54) is 13.2 Å². The number of anilines is 1. The van der Waals surface area contributed by atoms with Crippen molar-refractivity contribution in [1.29, 1.82) is 0 Å². The van der Waals surface area contributed by atoms with E-state index in [1.807, 2.05) is 32.9 Å². The molecule has 8 nitrogen and oxygen atoms in total. The van der Waals surface area contributed by atoms with E-state index >= 15 is 0 Å². The minimum absolute atomic E-state index is 0.0308. The zero-order chi connectivity index (χ0) is 23.3. The molecule has 0 saturated carbocycles. The van der Waals surface area contributed by atoms with Crippen LogP contribution in [0.3, 0.4) is 0 Å². The highest BCUT2D eigenvalue weighted by molar-refractivity contribution is 6.15. The third-order valence-electron chi connectivity index (χ3n) is 4.97. The molecule has 0 spiro atoms. The van der Waals surface area contributed by atoms with Crippen LogP contribution in [0.15, 0.2) is 48.2 Å². The van der Waals surface area contributed by atoms with Gasteiger partial charge in [0.2, 0.25) is 5.91 Å². The average Bonchev–Trinajstić information content (AvgIpc) is 3.01. The predicted molar refractivity (Wildman–Crippen MR) is 121 cm³/mol. The normalized spacial score (nSPS) is 15.5. The number of hydrogen-bond acceptors (Lipinski definition) is 5. The summed E-state index contributed by atoms with van der Waals surface area (Å²) in [4.78, 5) is 38.2. The second-order valence-corrected chi connectivity index (χ2v) is 7.54. The number of carbonyl (C=O) groups is 3. The lowest BCUT2D eigenvalue weighted by Crippen LogP contribution is -2.38. The van der Waals surface area contributed by atoms with Gasteiger partial charge in [-0.3, -0.25) is 9.59 Å². The molecule has 32 heavy (non-hydrogen) atoms. The minimum atomic E-state index is -0.649. The summed E-state index contributed by atoms with van der Waals surface area (Å²) >= 11 is 0. The third-order valence-corrected chi connectivity index (χ3v) is 4.97. The van der Waals surface area contributed by atoms with Gasteiger partial charge in [0.25, 0.3) is 5.91 Å². The summed E-state index contributed by atoms with van der Waals surface area (Å²) in [5.74, 6) is 0.0768. The third kappa shape index (κ3) is 5.46. The first-order chi connectivity index (χ1) is 15.3. The smallest absolute Gasteiger partial charge is 0.329 e. The summed E-state index contributed by atoms with van der Waals surface area (Å²) in [6.45, 7) is 5.51. The summed E-state index contributed by atoms with van der Waals surface area (Å²) in [7, 11) is 1.53. The number of hydrogen-bond donors (Lipinski definition) is 2. The fraction of sp³-hybridized carbons (Fsp3) is 0.292. The first-order valence-corrected chi connectivity index (χ1v) is 10.4. The Morgan fingerprint density at radius 3 is 2.66 bits per heavy atom. The highest BCUT2D eigenvalue weighted by Crippen LogP contribution is 2.30. The van der Waals surface area contributed by atoms with Gasteiger partial charge < -0.3 is 20.1 Å². The van der Waals surface area contributed by atoms with E-state index in [2.05, 4.69) is 10.6 Å². The fourth-order valence-electron chi connectivity index (χ4n) is 3.12.